The molecule has 0 amide bonds. The van der Waals surface area contributed by atoms with Crippen LogP contribution in [0.4, 0.5) is 11.4 Å². The summed E-state index contributed by atoms with van der Waals surface area (Å²) in [6.45, 7) is 1.42. The lowest BCUT2D eigenvalue weighted by Gasteiger charge is -2.10. The summed E-state index contributed by atoms with van der Waals surface area (Å²) in [6.07, 6.45) is 0. The number of carboxylic acids is 1. The Morgan fingerprint density at radius 2 is 2.13 bits per heavy atom. The third-order valence-electron chi connectivity index (χ3n) is 1.84. The van der Waals surface area contributed by atoms with Gasteiger partial charge in [-0.25, -0.2) is 0 Å². The van der Waals surface area contributed by atoms with E-state index in [0.29, 0.717) is 0 Å². The molecular weight excluding hydrogens is 200 g/mol. The highest BCUT2D eigenvalue weighted by Gasteiger charge is 2.17. The molecule has 0 saturated carbocycles. The Morgan fingerprint density at radius 1 is 1.53 bits per heavy atom. The summed E-state index contributed by atoms with van der Waals surface area (Å²) in [5.74, 6) is -1.06. The van der Waals surface area contributed by atoms with Gasteiger partial charge in [-0.05, 0) is 13.0 Å². The quantitative estimate of drug-likeness (QED) is 0.580. The minimum atomic E-state index is -1.06. The molecule has 15 heavy (non-hydrogen) atoms. The number of carboxylic acid groups (broad SMARTS) is 1. The van der Waals surface area contributed by atoms with Crippen molar-refractivity contribution >= 4 is 17.3 Å². The van der Waals surface area contributed by atoms with Gasteiger partial charge in [0.2, 0.25) is 0 Å². The normalized spacial score (nSPS) is 11.8. The summed E-state index contributed by atoms with van der Waals surface area (Å²) in [4.78, 5) is 20.6. The standard InChI is InChI=1S/C9H10N2O4/c1-6(9(12)13)10-7-4-2-3-5-8(7)11(14)15/h2-6,10H,1H3,(H,12,13). The zero-order chi connectivity index (χ0) is 11.4. The van der Waals surface area contributed by atoms with Gasteiger partial charge in [0.15, 0.2) is 0 Å². The second kappa shape index (κ2) is 4.41. The van der Waals surface area contributed by atoms with Crippen LogP contribution >= 0.6 is 0 Å². The molecule has 0 aliphatic rings. The number of nitrogens with zero attached hydrogens (tertiary/aromatic N) is 1. The van der Waals surface area contributed by atoms with E-state index in [-0.39, 0.29) is 11.4 Å². The van der Waals surface area contributed by atoms with Gasteiger partial charge in [0.1, 0.15) is 11.7 Å². The van der Waals surface area contributed by atoms with Crippen LogP contribution in [0.25, 0.3) is 0 Å². The SMILES string of the molecule is CC(Nc1ccccc1[N+](=O)[O-])C(=O)O. The second-order valence-corrected chi connectivity index (χ2v) is 2.98. The van der Waals surface area contributed by atoms with Crippen LogP contribution in [0.2, 0.25) is 0 Å². The van der Waals surface area contributed by atoms with E-state index in [4.69, 9.17) is 5.11 Å². The van der Waals surface area contributed by atoms with E-state index < -0.39 is 16.9 Å². The number of hydrogen-bond acceptors (Lipinski definition) is 4. The highest BCUT2D eigenvalue weighted by atomic mass is 16.6. The summed E-state index contributed by atoms with van der Waals surface area (Å²) >= 11 is 0. The average molecular weight is 210 g/mol. The fourth-order valence-corrected chi connectivity index (χ4v) is 1.05. The highest BCUT2D eigenvalue weighted by Crippen LogP contribution is 2.23. The van der Waals surface area contributed by atoms with Crippen molar-refractivity contribution in [1.82, 2.24) is 0 Å². The maximum absolute atomic E-state index is 10.6. The van der Waals surface area contributed by atoms with Crippen LogP contribution in [0.1, 0.15) is 6.92 Å². The molecule has 1 unspecified atom stereocenters. The van der Waals surface area contributed by atoms with Crippen LogP contribution < -0.4 is 5.32 Å². The number of carbonyl (C=O) groups is 1. The number of para-hydroxylation sites is 2. The molecule has 0 bridgehead atoms. The average Bonchev–Trinajstić information content (AvgIpc) is 2.18. The van der Waals surface area contributed by atoms with Gasteiger partial charge in [0.25, 0.3) is 5.69 Å². The first-order valence-corrected chi connectivity index (χ1v) is 4.25. The molecule has 0 spiro atoms. The Balaban J connectivity index is 2.94. The molecule has 80 valence electrons. The Bertz CT molecular complexity index is 391. The van der Waals surface area contributed by atoms with Crippen molar-refractivity contribution in [2.75, 3.05) is 5.32 Å². The first-order valence-electron chi connectivity index (χ1n) is 4.25. The third kappa shape index (κ3) is 2.67. The molecule has 0 saturated heterocycles. The zero-order valence-electron chi connectivity index (χ0n) is 8.01. The zero-order valence-corrected chi connectivity index (χ0v) is 8.01. The molecule has 1 aromatic rings. The number of anilines is 1. The van der Waals surface area contributed by atoms with Gasteiger partial charge >= 0.3 is 5.97 Å². The molecule has 0 aliphatic heterocycles. The van der Waals surface area contributed by atoms with Crippen molar-refractivity contribution in [3.05, 3.63) is 34.4 Å². The smallest absolute Gasteiger partial charge is 0.325 e. The first-order chi connectivity index (χ1) is 7.02. The van der Waals surface area contributed by atoms with Crippen molar-refractivity contribution < 1.29 is 14.8 Å². The number of hydrogen-bond donors (Lipinski definition) is 2. The van der Waals surface area contributed by atoms with Crippen molar-refractivity contribution in [3.8, 4) is 0 Å². The number of benzene rings is 1. The second-order valence-electron chi connectivity index (χ2n) is 2.98. The van der Waals surface area contributed by atoms with E-state index in [9.17, 15) is 14.9 Å². The molecule has 0 aromatic heterocycles. The fourth-order valence-electron chi connectivity index (χ4n) is 1.05. The minimum Gasteiger partial charge on any atom is -0.480 e. The Labute approximate surface area is 85.7 Å². The topological polar surface area (TPSA) is 92.5 Å². The Kier molecular flexibility index (Phi) is 3.22. The van der Waals surface area contributed by atoms with Gasteiger partial charge in [0, 0.05) is 6.07 Å². The molecule has 0 aliphatic carbocycles. The number of rotatable bonds is 4. The molecule has 0 radical (unpaired) electrons. The van der Waals surface area contributed by atoms with Gasteiger partial charge < -0.3 is 10.4 Å². The van der Waals surface area contributed by atoms with E-state index in [1.807, 2.05) is 0 Å². The van der Waals surface area contributed by atoms with Gasteiger partial charge in [-0.3, -0.25) is 14.9 Å². The molecule has 0 fully saturated rings. The van der Waals surface area contributed by atoms with Crippen molar-refractivity contribution in [3.63, 3.8) is 0 Å². The summed E-state index contributed by atoms with van der Waals surface area (Å²) < 4.78 is 0. The predicted octanol–water partition coefficient (Wildman–Crippen LogP) is 1.48. The largest absolute Gasteiger partial charge is 0.480 e. The first kappa shape index (κ1) is 11.0. The molecule has 0 heterocycles. The molecule has 1 atom stereocenters. The van der Waals surface area contributed by atoms with Crippen LogP contribution in [-0.4, -0.2) is 22.0 Å². The van der Waals surface area contributed by atoms with E-state index >= 15 is 0 Å². The van der Waals surface area contributed by atoms with Gasteiger partial charge in [-0.1, -0.05) is 12.1 Å². The number of nitro groups is 1. The van der Waals surface area contributed by atoms with Crippen molar-refractivity contribution in [2.45, 2.75) is 13.0 Å². The maximum Gasteiger partial charge on any atom is 0.325 e. The molecule has 1 rings (SSSR count). The molecule has 2 N–H and O–H groups in total. The third-order valence-corrected chi connectivity index (χ3v) is 1.84. The Hall–Kier alpha value is -2.11. The van der Waals surface area contributed by atoms with Crippen LogP contribution in [0.5, 0.6) is 0 Å². The summed E-state index contributed by atoms with van der Waals surface area (Å²) in [7, 11) is 0. The number of nitrogens with one attached hydrogen (secondary N) is 1. The predicted molar refractivity (Wildman–Crippen MR) is 53.8 cm³/mol. The monoisotopic (exact) mass is 210 g/mol. The van der Waals surface area contributed by atoms with Gasteiger partial charge in [0.05, 0.1) is 4.92 Å². The van der Waals surface area contributed by atoms with E-state index in [1.165, 1.54) is 25.1 Å². The van der Waals surface area contributed by atoms with Crippen LogP contribution in [0, 0.1) is 10.1 Å². The van der Waals surface area contributed by atoms with E-state index in [1.54, 1.807) is 6.07 Å². The highest BCUT2D eigenvalue weighted by molar-refractivity contribution is 5.78. The van der Waals surface area contributed by atoms with Gasteiger partial charge in [-0.15, -0.1) is 0 Å². The summed E-state index contributed by atoms with van der Waals surface area (Å²) in [5.41, 5.74) is 0.0722. The summed E-state index contributed by atoms with van der Waals surface area (Å²) in [6, 6.07) is 5.04. The molecule has 1 aromatic carbocycles. The van der Waals surface area contributed by atoms with Gasteiger partial charge in [-0.2, -0.15) is 0 Å². The Morgan fingerprint density at radius 3 is 2.67 bits per heavy atom. The lowest BCUT2D eigenvalue weighted by Crippen LogP contribution is -2.25. The van der Waals surface area contributed by atoms with E-state index in [2.05, 4.69) is 5.32 Å². The van der Waals surface area contributed by atoms with Crippen LogP contribution in [-0.2, 0) is 4.79 Å². The maximum atomic E-state index is 10.6. The lowest BCUT2D eigenvalue weighted by atomic mass is 10.2. The summed E-state index contributed by atoms with van der Waals surface area (Å²) in [5, 5.41) is 21.8. The van der Waals surface area contributed by atoms with Crippen molar-refractivity contribution in [2.24, 2.45) is 0 Å². The van der Waals surface area contributed by atoms with E-state index in [0.717, 1.165) is 0 Å². The molecule has 6 nitrogen and oxygen atoms in total. The molecular formula is C9H10N2O4. The minimum absolute atomic E-state index is 0.134. The lowest BCUT2D eigenvalue weighted by molar-refractivity contribution is -0.384. The van der Waals surface area contributed by atoms with Crippen LogP contribution in [0.15, 0.2) is 24.3 Å². The molecule has 6 heteroatoms. The van der Waals surface area contributed by atoms with Crippen molar-refractivity contribution in [1.29, 1.82) is 0 Å². The number of aliphatic carboxylic acids is 1. The number of nitro benzene ring substituents is 1. The van der Waals surface area contributed by atoms with Crippen LogP contribution in [0.3, 0.4) is 0 Å². The fraction of sp³-hybridized carbons (Fsp3) is 0.222.